The fourth-order valence-electron chi connectivity index (χ4n) is 3.14. The summed E-state index contributed by atoms with van der Waals surface area (Å²) in [6.45, 7) is 0.496. The van der Waals surface area contributed by atoms with Gasteiger partial charge < -0.3 is 10.4 Å². The highest BCUT2D eigenvalue weighted by Gasteiger charge is 2.37. The third-order valence-electron chi connectivity index (χ3n) is 4.38. The largest absolute Gasteiger partial charge is 0.394 e. The summed E-state index contributed by atoms with van der Waals surface area (Å²) >= 11 is 0. The molecule has 0 unspecified atom stereocenters. The van der Waals surface area contributed by atoms with E-state index in [2.05, 4.69) is 11.4 Å². The molecule has 5 nitrogen and oxygen atoms in total. The van der Waals surface area contributed by atoms with E-state index in [0.29, 0.717) is 6.54 Å². The van der Waals surface area contributed by atoms with Gasteiger partial charge in [0.1, 0.15) is 0 Å². The first kappa shape index (κ1) is 14.7. The van der Waals surface area contributed by atoms with Gasteiger partial charge in [-0.3, -0.25) is 10.1 Å². The van der Waals surface area contributed by atoms with Gasteiger partial charge in [-0.25, -0.2) is 0 Å². The summed E-state index contributed by atoms with van der Waals surface area (Å²) in [4.78, 5) is 10.4. The predicted molar refractivity (Wildman–Crippen MR) is 83.5 cm³/mol. The molecular weight excluding hydrogens is 280 g/mol. The van der Waals surface area contributed by atoms with Crippen molar-refractivity contribution in [1.82, 2.24) is 5.32 Å². The van der Waals surface area contributed by atoms with Crippen LogP contribution in [0.5, 0.6) is 0 Å². The molecule has 3 rings (SSSR count). The quantitative estimate of drug-likeness (QED) is 0.657. The average molecular weight is 298 g/mol. The van der Waals surface area contributed by atoms with Gasteiger partial charge in [-0.15, -0.1) is 0 Å². The molecule has 0 heterocycles. The number of fused-ring (bicyclic) bond motifs is 1. The standard InChI is InChI=1S/C17H18N2O3/c20-12-17(9-8-14-5-1-2-7-16(14)17)18-11-13-4-3-6-15(10-13)19(21)22/h1-7,10,18,20H,8-9,11-12H2/t17-/m0/s1. The number of hydrogen-bond donors (Lipinski definition) is 2. The van der Waals surface area contributed by atoms with E-state index >= 15 is 0 Å². The molecule has 0 fully saturated rings. The number of nitrogens with zero attached hydrogens (tertiary/aromatic N) is 1. The van der Waals surface area contributed by atoms with Crippen LogP contribution in [0.3, 0.4) is 0 Å². The zero-order valence-corrected chi connectivity index (χ0v) is 12.2. The number of nitro groups is 1. The molecule has 0 saturated heterocycles. The molecule has 0 aliphatic heterocycles. The highest BCUT2D eigenvalue weighted by Crippen LogP contribution is 2.36. The van der Waals surface area contributed by atoms with Gasteiger partial charge in [0.15, 0.2) is 0 Å². The van der Waals surface area contributed by atoms with E-state index in [9.17, 15) is 15.2 Å². The molecule has 2 N–H and O–H groups in total. The van der Waals surface area contributed by atoms with Crippen molar-refractivity contribution in [1.29, 1.82) is 0 Å². The average Bonchev–Trinajstić information content (AvgIpc) is 2.93. The highest BCUT2D eigenvalue weighted by atomic mass is 16.6. The van der Waals surface area contributed by atoms with Gasteiger partial charge in [0.25, 0.3) is 5.69 Å². The molecule has 2 aromatic carbocycles. The Kier molecular flexibility index (Phi) is 3.92. The van der Waals surface area contributed by atoms with Crippen LogP contribution in [0.2, 0.25) is 0 Å². The molecule has 5 heteroatoms. The van der Waals surface area contributed by atoms with Crippen LogP contribution in [-0.2, 0) is 18.5 Å². The minimum absolute atomic E-state index is 0.0128. The molecule has 0 aromatic heterocycles. The van der Waals surface area contributed by atoms with Crippen LogP contribution in [0, 0.1) is 10.1 Å². The Bertz CT molecular complexity index is 702. The van der Waals surface area contributed by atoms with Crippen LogP contribution in [0.25, 0.3) is 0 Å². The second-order valence-electron chi connectivity index (χ2n) is 5.68. The predicted octanol–water partition coefficient (Wildman–Crippen LogP) is 2.52. The number of hydrogen-bond acceptors (Lipinski definition) is 4. The zero-order chi connectivity index (χ0) is 15.6. The van der Waals surface area contributed by atoms with E-state index in [-0.39, 0.29) is 12.3 Å². The first-order chi connectivity index (χ1) is 10.6. The molecule has 0 amide bonds. The molecule has 0 saturated carbocycles. The first-order valence-corrected chi connectivity index (χ1v) is 7.32. The van der Waals surface area contributed by atoms with Crippen LogP contribution in [0.1, 0.15) is 23.1 Å². The van der Waals surface area contributed by atoms with E-state index in [1.54, 1.807) is 12.1 Å². The SMILES string of the molecule is O=[N+]([O-])c1cccc(CN[C@]2(CO)CCc3ccccc32)c1. The molecule has 114 valence electrons. The van der Waals surface area contributed by atoms with Crippen molar-refractivity contribution in [2.45, 2.75) is 24.9 Å². The lowest BCUT2D eigenvalue weighted by molar-refractivity contribution is -0.384. The van der Waals surface area contributed by atoms with Gasteiger partial charge >= 0.3 is 0 Å². The highest BCUT2D eigenvalue weighted by molar-refractivity contribution is 5.39. The maximum Gasteiger partial charge on any atom is 0.269 e. The van der Waals surface area contributed by atoms with Crippen LogP contribution < -0.4 is 5.32 Å². The Morgan fingerprint density at radius 1 is 1.23 bits per heavy atom. The smallest absolute Gasteiger partial charge is 0.269 e. The lowest BCUT2D eigenvalue weighted by Gasteiger charge is -2.30. The van der Waals surface area contributed by atoms with Crippen LogP contribution in [0.4, 0.5) is 5.69 Å². The molecule has 0 radical (unpaired) electrons. The van der Waals surface area contributed by atoms with Crippen molar-refractivity contribution < 1.29 is 10.0 Å². The summed E-state index contributed by atoms with van der Waals surface area (Å²) in [7, 11) is 0. The van der Waals surface area contributed by atoms with Crippen LogP contribution in [-0.4, -0.2) is 16.6 Å². The van der Waals surface area contributed by atoms with Gasteiger partial charge in [-0.2, -0.15) is 0 Å². The molecule has 1 atom stereocenters. The fourth-order valence-corrected chi connectivity index (χ4v) is 3.14. The van der Waals surface area contributed by atoms with E-state index in [1.165, 1.54) is 11.6 Å². The van der Waals surface area contributed by atoms with Crippen molar-refractivity contribution in [2.75, 3.05) is 6.61 Å². The zero-order valence-electron chi connectivity index (χ0n) is 12.2. The topological polar surface area (TPSA) is 75.4 Å². The fraction of sp³-hybridized carbons (Fsp3) is 0.294. The normalized spacial score (nSPS) is 19.9. The van der Waals surface area contributed by atoms with Gasteiger partial charge in [-0.1, -0.05) is 36.4 Å². The van der Waals surface area contributed by atoms with Gasteiger partial charge in [0, 0.05) is 18.7 Å². The lowest BCUT2D eigenvalue weighted by Crippen LogP contribution is -2.43. The van der Waals surface area contributed by atoms with E-state index in [0.717, 1.165) is 24.0 Å². The maximum absolute atomic E-state index is 10.8. The molecule has 1 aliphatic rings. The summed E-state index contributed by atoms with van der Waals surface area (Å²) in [5.74, 6) is 0. The molecule has 22 heavy (non-hydrogen) atoms. The number of rotatable bonds is 5. The number of nitrogens with one attached hydrogen (secondary N) is 1. The summed E-state index contributed by atoms with van der Waals surface area (Å²) in [6.07, 6.45) is 1.76. The minimum atomic E-state index is -0.457. The van der Waals surface area contributed by atoms with Crippen molar-refractivity contribution in [2.24, 2.45) is 0 Å². The molecule has 0 spiro atoms. The maximum atomic E-state index is 10.8. The van der Waals surface area contributed by atoms with Crippen LogP contribution >= 0.6 is 0 Å². The Morgan fingerprint density at radius 2 is 2.05 bits per heavy atom. The van der Waals surface area contributed by atoms with E-state index in [4.69, 9.17) is 0 Å². The third-order valence-corrected chi connectivity index (χ3v) is 4.38. The number of nitro benzene ring substituents is 1. The van der Waals surface area contributed by atoms with Crippen molar-refractivity contribution in [3.05, 3.63) is 75.3 Å². The number of aryl methyl sites for hydroxylation is 1. The second-order valence-corrected chi connectivity index (χ2v) is 5.68. The monoisotopic (exact) mass is 298 g/mol. The van der Waals surface area contributed by atoms with E-state index < -0.39 is 10.5 Å². The number of aliphatic hydroxyl groups excluding tert-OH is 1. The molecular formula is C17H18N2O3. The van der Waals surface area contributed by atoms with Crippen molar-refractivity contribution >= 4 is 5.69 Å². The summed E-state index contributed by atoms with van der Waals surface area (Å²) in [6, 6.07) is 14.7. The number of benzene rings is 2. The van der Waals surface area contributed by atoms with Gasteiger partial charge in [0.2, 0.25) is 0 Å². The molecule has 1 aliphatic carbocycles. The van der Waals surface area contributed by atoms with Crippen molar-refractivity contribution in [3.8, 4) is 0 Å². The van der Waals surface area contributed by atoms with Gasteiger partial charge in [0.05, 0.1) is 17.1 Å². The van der Waals surface area contributed by atoms with Crippen molar-refractivity contribution in [3.63, 3.8) is 0 Å². The second kappa shape index (κ2) is 5.87. The minimum Gasteiger partial charge on any atom is -0.394 e. The Labute approximate surface area is 128 Å². The number of aliphatic hydroxyl groups is 1. The molecule has 2 aromatic rings. The Morgan fingerprint density at radius 3 is 2.82 bits per heavy atom. The summed E-state index contributed by atoms with van der Waals surface area (Å²) in [5.41, 5.74) is 2.85. The Hall–Kier alpha value is -2.24. The molecule has 0 bridgehead atoms. The van der Waals surface area contributed by atoms with Gasteiger partial charge in [-0.05, 0) is 29.5 Å². The lowest BCUT2D eigenvalue weighted by atomic mass is 9.92. The summed E-state index contributed by atoms with van der Waals surface area (Å²) in [5, 5.41) is 24.2. The van der Waals surface area contributed by atoms with E-state index in [1.807, 2.05) is 24.3 Å². The third kappa shape index (κ3) is 2.61. The Balaban J connectivity index is 1.81. The van der Waals surface area contributed by atoms with Crippen LogP contribution in [0.15, 0.2) is 48.5 Å². The first-order valence-electron chi connectivity index (χ1n) is 7.32. The number of non-ortho nitro benzene ring substituents is 1. The summed E-state index contributed by atoms with van der Waals surface area (Å²) < 4.78 is 0.